The molecule has 0 aliphatic heterocycles. The molecule has 2 amide bonds. The number of rotatable bonds is 5. The number of primary sulfonamides is 1. The van der Waals surface area contributed by atoms with Crippen molar-refractivity contribution in [3.63, 3.8) is 0 Å². The Morgan fingerprint density at radius 2 is 1.70 bits per heavy atom. The summed E-state index contributed by atoms with van der Waals surface area (Å²) >= 11 is 0. The predicted octanol–water partition coefficient (Wildman–Crippen LogP) is 0.475. The number of ether oxygens (including phenoxy) is 1. The van der Waals surface area contributed by atoms with E-state index in [0.29, 0.717) is 5.56 Å². The fraction of sp³-hybridized carbons (Fsp3) is 0.429. The van der Waals surface area contributed by atoms with Gasteiger partial charge < -0.3 is 15.4 Å². The first-order valence-corrected chi connectivity index (χ1v) is 8.37. The van der Waals surface area contributed by atoms with Gasteiger partial charge in [-0.15, -0.1) is 0 Å². The molecule has 0 unspecified atom stereocenters. The molecule has 0 aliphatic rings. The third-order valence-electron chi connectivity index (χ3n) is 2.53. The van der Waals surface area contributed by atoms with Crippen molar-refractivity contribution in [3.05, 3.63) is 29.8 Å². The molecule has 128 valence electrons. The standard InChI is InChI=1S/C14H21N3O5S/c1-14(2,3)22-13(19)17-9-12(18)16-8-10-4-6-11(7-5-10)23(15,20)21/h4-7H,8-9H2,1-3H3,(H,16,18)(H,17,19)(H2,15,20,21). The Balaban J connectivity index is 2.40. The van der Waals surface area contributed by atoms with Crippen molar-refractivity contribution in [2.24, 2.45) is 5.14 Å². The van der Waals surface area contributed by atoms with E-state index in [1.165, 1.54) is 12.1 Å². The molecule has 0 aliphatic carbocycles. The molecule has 0 heterocycles. The lowest BCUT2D eigenvalue weighted by Gasteiger charge is -2.19. The number of benzene rings is 1. The van der Waals surface area contributed by atoms with Crippen LogP contribution in [-0.2, 0) is 26.1 Å². The zero-order valence-corrected chi connectivity index (χ0v) is 14.1. The van der Waals surface area contributed by atoms with E-state index in [0.717, 1.165) is 0 Å². The van der Waals surface area contributed by atoms with E-state index in [-0.39, 0.29) is 18.0 Å². The third-order valence-corrected chi connectivity index (χ3v) is 3.46. The number of sulfonamides is 1. The maximum Gasteiger partial charge on any atom is 0.408 e. The van der Waals surface area contributed by atoms with E-state index < -0.39 is 27.6 Å². The summed E-state index contributed by atoms with van der Waals surface area (Å²) in [5.74, 6) is -0.397. The van der Waals surface area contributed by atoms with Crippen molar-refractivity contribution in [2.45, 2.75) is 37.8 Å². The largest absolute Gasteiger partial charge is 0.444 e. The maximum absolute atomic E-state index is 11.6. The van der Waals surface area contributed by atoms with Crippen LogP contribution in [0.3, 0.4) is 0 Å². The Labute approximate surface area is 135 Å². The zero-order valence-electron chi connectivity index (χ0n) is 13.3. The molecule has 9 heteroatoms. The highest BCUT2D eigenvalue weighted by atomic mass is 32.2. The second-order valence-electron chi connectivity index (χ2n) is 5.82. The van der Waals surface area contributed by atoms with E-state index in [4.69, 9.17) is 9.88 Å². The van der Waals surface area contributed by atoms with Crippen LogP contribution < -0.4 is 15.8 Å². The molecule has 0 fully saturated rings. The molecule has 0 saturated carbocycles. The predicted molar refractivity (Wildman–Crippen MR) is 83.9 cm³/mol. The van der Waals surface area contributed by atoms with E-state index in [1.807, 2.05) is 0 Å². The Morgan fingerprint density at radius 3 is 2.17 bits per heavy atom. The summed E-state index contributed by atoms with van der Waals surface area (Å²) in [7, 11) is -3.73. The lowest BCUT2D eigenvalue weighted by Crippen LogP contribution is -2.39. The van der Waals surface area contributed by atoms with Gasteiger partial charge in [0.15, 0.2) is 0 Å². The Hall–Kier alpha value is -2.13. The Kier molecular flexibility index (Phi) is 6.11. The lowest BCUT2D eigenvalue weighted by molar-refractivity contribution is -0.120. The number of nitrogens with two attached hydrogens (primary N) is 1. The molecule has 0 spiro atoms. The van der Waals surface area contributed by atoms with Crippen LogP contribution in [-0.4, -0.2) is 32.6 Å². The van der Waals surface area contributed by atoms with Gasteiger partial charge in [-0.2, -0.15) is 0 Å². The van der Waals surface area contributed by atoms with Crippen molar-refractivity contribution in [1.82, 2.24) is 10.6 Å². The lowest BCUT2D eigenvalue weighted by atomic mass is 10.2. The smallest absolute Gasteiger partial charge is 0.408 e. The van der Waals surface area contributed by atoms with E-state index >= 15 is 0 Å². The van der Waals surface area contributed by atoms with E-state index in [9.17, 15) is 18.0 Å². The van der Waals surface area contributed by atoms with Crippen LogP contribution in [0.2, 0.25) is 0 Å². The van der Waals surface area contributed by atoms with Crippen molar-refractivity contribution >= 4 is 22.0 Å². The minimum absolute atomic E-state index is 0.000770. The molecular formula is C14H21N3O5S. The number of amides is 2. The van der Waals surface area contributed by atoms with Gasteiger partial charge in [-0.05, 0) is 38.5 Å². The summed E-state index contributed by atoms with van der Waals surface area (Å²) in [6.45, 7) is 5.14. The van der Waals surface area contributed by atoms with Crippen LogP contribution in [0.15, 0.2) is 29.2 Å². The van der Waals surface area contributed by atoms with Crippen LogP contribution in [0.25, 0.3) is 0 Å². The molecule has 0 bridgehead atoms. The molecule has 0 saturated heterocycles. The number of hydrogen-bond acceptors (Lipinski definition) is 5. The van der Waals surface area contributed by atoms with Crippen molar-refractivity contribution < 1.29 is 22.7 Å². The number of nitrogens with one attached hydrogen (secondary N) is 2. The van der Waals surface area contributed by atoms with Crippen LogP contribution in [0.4, 0.5) is 4.79 Å². The molecule has 0 aromatic heterocycles. The van der Waals surface area contributed by atoms with Gasteiger partial charge in [0.05, 0.1) is 4.90 Å². The SMILES string of the molecule is CC(C)(C)OC(=O)NCC(=O)NCc1ccc(S(N)(=O)=O)cc1. The van der Waals surface area contributed by atoms with Gasteiger partial charge in [-0.25, -0.2) is 18.4 Å². The van der Waals surface area contributed by atoms with Gasteiger partial charge in [-0.3, -0.25) is 4.79 Å². The second-order valence-corrected chi connectivity index (χ2v) is 7.38. The van der Waals surface area contributed by atoms with Gasteiger partial charge in [0.2, 0.25) is 15.9 Å². The minimum atomic E-state index is -3.73. The van der Waals surface area contributed by atoms with Gasteiger partial charge in [0.25, 0.3) is 0 Å². The third kappa shape index (κ3) is 7.61. The Bertz CT molecular complexity index is 663. The molecule has 1 rings (SSSR count). The fourth-order valence-corrected chi connectivity index (χ4v) is 2.04. The van der Waals surface area contributed by atoms with E-state index in [2.05, 4.69) is 10.6 Å². The van der Waals surface area contributed by atoms with Crippen molar-refractivity contribution in [1.29, 1.82) is 0 Å². The topological polar surface area (TPSA) is 128 Å². The number of carbonyl (C=O) groups is 2. The molecule has 1 aromatic rings. The first-order chi connectivity index (χ1) is 10.5. The fourth-order valence-electron chi connectivity index (χ4n) is 1.53. The van der Waals surface area contributed by atoms with Crippen molar-refractivity contribution in [2.75, 3.05) is 6.54 Å². The highest BCUT2D eigenvalue weighted by Crippen LogP contribution is 2.08. The molecule has 0 radical (unpaired) electrons. The quantitative estimate of drug-likeness (QED) is 0.716. The normalized spacial score (nSPS) is 11.7. The average molecular weight is 343 g/mol. The van der Waals surface area contributed by atoms with Crippen LogP contribution >= 0.6 is 0 Å². The van der Waals surface area contributed by atoms with E-state index in [1.54, 1.807) is 32.9 Å². The molecule has 0 atom stereocenters. The molecular weight excluding hydrogens is 322 g/mol. The maximum atomic E-state index is 11.6. The summed E-state index contributed by atoms with van der Waals surface area (Å²) < 4.78 is 27.2. The van der Waals surface area contributed by atoms with Gasteiger partial charge in [0.1, 0.15) is 12.1 Å². The summed E-state index contributed by atoms with van der Waals surface area (Å²) in [5.41, 5.74) is 0.0639. The minimum Gasteiger partial charge on any atom is -0.444 e. The summed E-state index contributed by atoms with van der Waals surface area (Å²) in [6, 6.07) is 5.80. The first kappa shape index (κ1) is 18.9. The van der Waals surface area contributed by atoms with Crippen LogP contribution in [0, 0.1) is 0 Å². The molecule has 1 aromatic carbocycles. The zero-order chi connectivity index (χ0) is 17.7. The molecule has 23 heavy (non-hydrogen) atoms. The van der Waals surface area contributed by atoms with Crippen LogP contribution in [0.5, 0.6) is 0 Å². The summed E-state index contributed by atoms with van der Waals surface area (Å²) in [6.07, 6.45) is -0.676. The van der Waals surface area contributed by atoms with Gasteiger partial charge >= 0.3 is 6.09 Å². The average Bonchev–Trinajstić information content (AvgIpc) is 2.40. The van der Waals surface area contributed by atoms with Crippen molar-refractivity contribution in [3.8, 4) is 0 Å². The number of alkyl carbamates (subject to hydrolysis) is 1. The second kappa shape index (κ2) is 7.42. The van der Waals surface area contributed by atoms with Crippen LogP contribution in [0.1, 0.15) is 26.3 Å². The summed E-state index contributed by atoms with van der Waals surface area (Å²) in [4.78, 5) is 23.0. The monoisotopic (exact) mass is 343 g/mol. The highest BCUT2D eigenvalue weighted by Gasteiger charge is 2.16. The number of carbonyl (C=O) groups excluding carboxylic acids is 2. The number of hydrogen-bond donors (Lipinski definition) is 3. The highest BCUT2D eigenvalue weighted by molar-refractivity contribution is 7.89. The molecule has 4 N–H and O–H groups in total. The first-order valence-electron chi connectivity index (χ1n) is 6.83. The van der Waals surface area contributed by atoms with Gasteiger partial charge in [0, 0.05) is 6.54 Å². The summed E-state index contributed by atoms with van der Waals surface area (Å²) in [5, 5.41) is 9.91. The Morgan fingerprint density at radius 1 is 1.13 bits per heavy atom. The van der Waals surface area contributed by atoms with Gasteiger partial charge in [-0.1, -0.05) is 12.1 Å². The molecule has 8 nitrogen and oxygen atoms in total.